The fourth-order valence-corrected chi connectivity index (χ4v) is 2.89. The lowest BCUT2D eigenvalue weighted by atomic mass is 9.71. The Hall–Kier alpha value is -2.03. The van der Waals surface area contributed by atoms with Gasteiger partial charge in [0.15, 0.2) is 0 Å². The third-order valence-corrected chi connectivity index (χ3v) is 3.89. The third kappa shape index (κ3) is 1.47. The van der Waals surface area contributed by atoms with Gasteiger partial charge in [0, 0.05) is 17.1 Å². The van der Waals surface area contributed by atoms with E-state index in [1.807, 2.05) is 36.5 Å². The Morgan fingerprint density at radius 3 is 2.89 bits per heavy atom. The van der Waals surface area contributed by atoms with E-state index in [0.29, 0.717) is 12.8 Å². The zero-order valence-electron chi connectivity index (χ0n) is 10.0. The number of aromatic amines is 1. The quantitative estimate of drug-likeness (QED) is 0.793. The highest BCUT2D eigenvalue weighted by Crippen LogP contribution is 2.40. The van der Waals surface area contributed by atoms with Crippen LogP contribution in [0.2, 0.25) is 0 Å². The first-order valence-electron chi connectivity index (χ1n) is 6.19. The standard InChI is InChI=1S/C15H15NO2/c17-14(18)15(8-2-1-3-9-15)12-5-4-6-13-11(12)7-10-16-13/h1-2,4-7,10,16H,3,8-9H2,(H,17,18). The Labute approximate surface area is 105 Å². The van der Waals surface area contributed by atoms with Crippen molar-refractivity contribution in [1.29, 1.82) is 0 Å². The first kappa shape index (κ1) is 11.1. The molecule has 1 aromatic carbocycles. The van der Waals surface area contributed by atoms with Gasteiger partial charge < -0.3 is 10.1 Å². The second-order valence-corrected chi connectivity index (χ2v) is 4.85. The van der Waals surface area contributed by atoms with Crippen molar-refractivity contribution in [1.82, 2.24) is 4.98 Å². The second-order valence-electron chi connectivity index (χ2n) is 4.85. The smallest absolute Gasteiger partial charge is 0.314 e. The molecule has 3 heteroatoms. The molecule has 1 aliphatic carbocycles. The number of carboxylic acids is 1. The summed E-state index contributed by atoms with van der Waals surface area (Å²) in [5, 5.41) is 10.7. The van der Waals surface area contributed by atoms with E-state index in [4.69, 9.17) is 0 Å². The molecule has 0 spiro atoms. The maximum Gasteiger partial charge on any atom is 0.314 e. The molecule has 3 nitrogen and oxygen atoms in total. The number of aliphatic carboxylic acids is 1. The SMILES string of the molecule is O=C(O)C1(c2cccc3[nH]ccc23)CC=CCC1. The average molecular weight is 241 g/mol. The number of hydrogen-bond donors (Lipinski definition) is 2. The van der Waals surface area contributed by atoms with Gasteiger partial charge in [-0.3, -0.25) is 4.79 Å². The van der Waals surface area contributed by atoms with Gasteiger partial charge in [0.05, 0.1) is 5.41 Å². The van der Waals surface area contributed by atoms with Gasteiger partial charge in [0.1, 0.15) is 0 Å². The zero-order valence-corrected chi connectivity index (χ0v) is 10.0. The maximum atomic E-state index is 11.8. The van der Waals surface area contributed by atoms with Crippen LogP contribution in [0, 0.1) is 0 Å². The lowest BCUT2D eigenvalue weighted by molar-refractivity contribution is -0.144. The number of carboxylic acid groups (broad SMARTS) is 1. The van der Waals surface area contributed by atoms with Gasteiger partial charge >= 0.3 is 5.97 Å². The highest BCUT2D eigenvalue weighted by Gasteiger charge is 2.41. The van der Waals surface area contributed by atoms with Crippen LogP contribution in [0.5, 0.6) is 0 Å². The molecule has 92 valence electrons. The summed E-state index contributed by atoms with van der Waals surface area (Å²) in [4.78, 5) is 14.9. The van der Waals surface area contributed by atoms with Crippen LogP contribution in [0.3, 0.4) is 0 Å². The third-order valence-electron chi connectivity index (χ3n) is 3.89. The molecule has 1 heterocycles. The number of nitrogens with one attached hydrogen (secondary N) is 1. The van der Waals surface area contributed by atoms with Gasteiger partial charge in [-0.15, -0.1) is 0 Å². The van der Waals surface area contributed by atoms with Crippen LogP contribution in [0.25, 0.3) is 10.9 Å². The number of carbonyl (C=O) groups is 1. The van der Waals surface area contributed by atoms with Crippen LogP contribution in [0.15, 0.2) is 42.6 Å². The normalized spacial score (nSPS) is 23.3. The van der Waals surface area contributed by atoms with Crippen LogP contribution in [0.4, 0.5) is 0 Å². The highest BCUT2D eigenvalue weighted by molar-refractivity contribution is 5.92. The van der Waals surface area contributed by atoms with E-state index in [1.165, 1.54) is 0 Å². The Morgan fingerprint density at radius 1 is 1.28 bits per heavy atom. The number of hydrogen-bond acceptors (Lipinski definition) is 1. The molecule has 0 aliphatic heterocycles. The predicted octanol–water partition coefficient (Wildman–Crippen LogP) is 3.23. The fourth-order valence-electron chi connectivity index (χ4n) is 2.89. The lowest BCUT2D eigenvalue weighted by Gasteiger charge is -2.31. The van der Waals surface area contributed by atoms with Crippen molar-refractivity contribution in [2.75, 3.05) is 0 Å². The Morgan fingerprint density at radius 2 is 2.17 bits per heavy atom. The molecular weight excluding hydrogens is 226 g/mol. The van der Waals surface area contributed by atoms with Crippen molar-refractivity contribution in [2.45, 2.75) is 24.7 Å². The molecule has 3 rings (SSSR count). The fraction of sp³-hybridized carbons (Fsp3) is 0.267. The number of rotatable bonds is 2. The van der Waals surface area contributed by atoms with E-state index < -0.39 is 11.4 Å². The topological polar surface area (TPSA) is 53.1 Å². The molecule has 1 unspecified atom stereocenters. The van der Waals surface area contributed by atoms with Crippen molar-refractivity contribution in [2.24, 2.45) is 0 Å². The van der Waals surface area contributed by atoms with Gasteiger partial charge in [0.2, 0.25) is 0 Å². The molecule has 2 aromatic rings. The van der Waals surface area contributed by atoms with Crippen LogP contribution in [-0.4, -0.2) is 16.1 Å². The molecule has 0 fully saturated rings. The largest absolute Gasteiger partial charge is 0.481 e. The van der Waals surface area contributed by atoms with E-state index in [0.717, 1.165) is 22.9 Å². The summed E-state index contributed by atoms with van der Waals surface area (Å²) in [5.74, 6) is -0.722. The molecule has 1 atom stereocenters. The Balaban J connectivity index is 2.24. The monoisotopic (exact) mass is 241 g/mol. The Kier molecular flexibility index (Phi) is 2.47. The van der Waals surface area contributed by atoms with Crippen molar-refractivity contribution in [3.8, 4) is 0 Å². The van der Waals surface area contributed by atoms with Crippen molar-refractivity contribution >= 4 is 16.9 Å². The first-order chi connectivity index (χ1) is 8.74. The van der Waals surface area contributed by atoms with Gasteiger partial charge in [-0.05, 0) is 37.0 Å². The summed E-state index contributed by atoms with van der Waals surface area (Å²) in [6.07, 6.45) is 7.99. The van der Waals surface area contributed by atoms with Gasteiger partial charge in [-0.1, -0.05) is 24.3 Å². The number of allylic oxidation sites excluding steroid dienone is 2. The molecule has 2 N–H and O–H groups in total. The first-order valence-corrected chi connectivity index (χ1v) is 6.19. The molecule has 0 amide bonds. The number of fused-ring (bicyclic) bond motifs is 1. The minimum Gasteiger partial charge on any atom is -0.481 e. The minimum absolute atomic E-state index is 0.576. The maximum absolute atomic E-state index is 11.8. The lowest BCUT2D eigenvalue weighted by Crippen LogP contribution is -2.36. The second kappa shape index (κ2) is 4.02. The summed E-state index contributed by atoms with van der Waals surface area (Å²) in [6.45, 7) is 0. The summed E-state index contributed by atoms with van der Waals surface area (Å²) in [6, 6.07) is 7.82. The molecule has 0 radical (unpaired) electrons. The molecular formula is C15H15NO2. The molecule has 0 saturated heterocycles. The van der Waals surface area contributed by atoms with E-state index >= 15 is 0 Å². The molecule has 18 heavy (non-hydrogen) atoms. The molecule has 0 saturated carbocycles. The predicted molar refractivity (Wildman–Crippen MR) is 70.6 cm³/mol. The van der Waals surface area contributed by atoms with Gasteiger partial charge in [-0.2, -0.15) is 0 Å². The number of H-pyrrole nitrogens is 1. The van der Waals surface area contributed by atoms with Gasteiger partial charge in [0.25, 0.3) is 0 Å². The van der Waals surface area contributed by atoms with Crippen molar-refractivity contribution in [3.63, 3.8) is 0 Å². The zero-order chi connectivity index (χ0) is 12.6. The van der Waals surface area contributed by atoms with Crippen molar-refractivity contribution < 1.29 is 9.90 Å². The minimum atomic E-state index is -0.767. The summed E-state index contributed by atoms with van der Waals surface area (Å²) >= 11 is 0. The summed E-state index contributed by atoms with van der Waals surface area (Å²) < 4.78 is 0. The average Bonchev–Trinajstić information content (AvgIpc) is 2.87. The van der Waals surface area contributed by atoms with Crippen LogP contribution >= 0.6 is 0 Å². The summed E-state index contributed by atoms with van der Waals surface area (Å²) in [5.41, 5.74) is 1.16. The Bertz CT molecular complexity index is 626. The van der Waals surface area contributed by atoms with E-state index in [9.17, 15) is 9.90 Å². The van der Waals surface area contributed by atoms with E-state index in [2.05, 4.69) is 11.1 Å². The van der Waals surface area contributed by atoms with E-state index in [-0.39, 0.29) is 0 Å². The van der Waals surface area contributed by atoms with Crippen LogP contribution in [0.1, 0.15) is 24.8 Å². The highest BCUT2D eigenvalue weighted by atomic mass is 16.4. The molecule has 0 bridgehead atoms. The number of aromatic nitrogens is 1. The summed E-state index contributed by atoms with van der Waals surface area (Å²) in [7, 11) is 0. The van der Waals surface area contributed by atoms with Crippen molar-refractivity contribution in [3.05, 3.63) is 48.2 Å². The van der Waals surface area contributed by atoms with Crippen LogP contribution < -0.4 is 0 Å². The number of benzene rings is 1. The molecule has 1 aromatic heterocycles. The van der Waals surface area contributed by atoms with E-state index in [1.54, 1.807) is 0 Å². The molecule has 1 aliphatic rings. The van der Waals surface area contributed by atoms with Gasteiger partial charge in [-0.25, -0.2) is 0 Å². The van der Waals surface area contributed by atoms with Crippen LogP contribution in [-0.2, 0) is 10.2 Å².